The molecule has 0 aromatic heterocycles. The lowest BCUT2D eigenvalue weighted by molar-refractivity contribution is 0.418. The first-order valence-electron chi connectivity index (χ1n) is 4.00. The minimum atomic E-state index is -0.651. The van der Waals surface area contributed by atoms with Crippen LogP contribution in [-0.2, 0) is 0 Å². The number of phenolic OH excluding ortho intramolecular Hbond substituents is 1. The fourth-order valence-corrected chi connectivity index (χ4v) is 1.39. The first kappa shape index (κ1) is 10.5. The zero-order valence-electron chi connectivity index (χ0n) is 7.22. The normalized spacial score (nSPS) is 12.9. The average Bonchev–Trinajstić information content (AvgIpc) is 2.13. The molecule has 0 amide bonds. The van der Waals surface area contributed by atoms with Gasteiger partial charge in [-0.1, -0.05) is 13.0 Å². The Morgan fingerprint density at radius 1 is 1.62 bits per heavy atom. The number of nitrogens with two attached hydrogens (primary N) is 1. The molecule has 1 rings (SSSR count). The van der Waals surface area contributed by atoms with Crippen LogP contribution in [-0.4, -0.2) is 5.11 Å². The average molecular weight is 248 g/mol. The monoisotopic (exact) mass is 247 g/mol. The van der Waals surface area contributed by atoms with E-state index in [4.69, 9.17) is 5.73 Å². The van der Waals surface area contributed by atoms with Gasteiger partial charge in [0.15, 0.2) is 11.6 Å². The SMILES string of the molecule is CC[C@@H](N)c1ccc(Br)c(F)c1O. The van der Waals surface area contributed by atoms with Crippen LogP contribution < -0.4 is 5.73 Å². The molecule has 0 aliphatic rings. The number of rotatable bonds is 2. The molecule has 13 heavy (non-hydrogen) atoms. The summed E-state index contributed by atoms with van der Waals surface area (Å²) >= 11 is 2.98. The molecule has 72 valence electrons. The third kappa shape index (κ3) is 2.00. The molecule has 0 spiro atoms. The maximum Gasteiger partial charge on any atom is 0.179 e. The second-order valence-electron chi connectivity index (χ2n) is 2.81. The van der Waals surface area contributed by atoms with Gasteiger partial charge in [0.2, 0.25) is 0 Å². The Labute approximate surface area is 84.7 Å². The van der Waals surface area contributed by atoms with Gasteiger partial charge in [-0.25, -0.2) is 4.39 Å². The molecular weight excluding hydrogens is 237 g/mol. The Morgan fingerprint density at radius 3 is 2.77 bits per heavy atom. The van der Waals surface area contributed by atoms with Crippen molar-refractivity contribution < 1.29 is 9.50 Å². The van der Waals surface area contributed by atoms with Crippen molar-refractivity contribution in [1.29, 1.82) is 0 Å². The highest BCUT2D eigenvalue weighted by Gasteiger charge is 2.14. The molecule has 0 saturated heterocycles. The number of hydrogen-bond acceptors (Lipinski definition) is 2. The first-order valence-corrected chi connectivity index (χ1v) is 4.79. The molecule has 0 heterocycles. The smallest absolute Gasteiger partial charge is 0.179 e. The van der Waals surface area contributed by atoms with Crippen molar-refractivity contribution in [3.63, 3.8) is 0 Å². The highest BCUT2D eigenvalue weighted by Crippen LogP contribution is 2.31. The summed E-state index contributed by atoms with van der Waals surface area (Å²) in [5.41, 5.74) is 6.12. The van der Waals surface area contributed by atoms with Crippen LogP contribution >= 0.6 is 15.9 Å². The summed E-state index contributed by atoms with van der Waals surface area (Å²) in [6.07, 6.45) is 0.661. The summed E-state index contributed by atoms with van der Waals surface area (Å²) in [6.45, 7) is 1.88. The van der Waals surface area contributed by atoms with Crippen molar-refractivity contribution in [3.05, 3.63) is 28.0 Å². The van der Waals surface area contributed by atoms with Crippen LogP contribution in [0.2, 0.25) is 0 Å². The lowest BCUT2D eigenvalue weighted by Gasteiger charge is -2.11. The van der Waals surface area contributed by atoms with Crippen molar-refractivity contribution in [2.45, 2.75) is 19.4 Å². The summed E-state index contributed by atoms with van der Waals surface area (Å²) < 4.78 is 13.4. The van der Waals surface area contributed by atoms with Gasteiger partial charge in [0.1, 0.15) is 0 Å². The van der Waals surface area contributed by atoms with Gasteiger partial charge in [-0.2, -0.15) is 0 Å². The van der Waals surface area contributed by atoms with Crippen molar-refractivity contribution in [2.75, 3.05) is 0 Å². The van der Waals surface area contributed by atoms with E-state index in [2.05, 4.69) is 15.9 Å². The molecule has 0 fully saturated rings. The Bertz CT molecular complexity index is 317. The Morgan fingerprint density at radius 2 is 2.23 bits per heavy atom. The number of aromatic hydroxyl groups is 1. The number of phenols is 1. The lowest BCUT2D eigenvalue weighted by Crippen LogP contribution is -2.09. The van der Waals surface area contributed by atoms with E-state index in [1.54, 1.807) is 12.1 Å². The summed E-state index contributed by atoms with van der Waals surface area (Å²) in [7, 11) is 0. The van der Waals surface area contributed by atoms with Gasteiger partial charge in [0.05, 0.1) is 4.47 Å². The number of benzene rings is 1. The largest absolute Gasteiger partial charge is 0.505 e. The van der Waals surface area contributed by atoms with Crippen molar-refractivity contribution in [1.82, 2.24) is 0 Å². The number of hydrogen-bond donors (Lipinski definition) is 2. The highest BCUT2D eigenvalue weighted by atomic mass is 79.9. The van der Waals surface area contributed by atoms with E-state index in [0.717, 1.165) is 0 Å². The zero-order chi connectivity index (χ0) is 10.0. The molecule has 0 bridgehead atoms. The summed E-state index contributed by atoms with van der Waals surface area (Å²) in [6, 6.07) is 2.85. The highest BCUT2D eigenvalue weighted by molar-refractivity contribution is 9.10. The predicted molar refractivity (Wildman–Crippen MR) is 53.0 cm³/mol. The van der Waals surface area contributed by atoms with E-state index in [-0.39, 0.29) is 16.3 Å². The molecule has 0 unspecified atom stereocenters. The predicted octanol–water partition coefficient (Wildman–Crippen LogP) is 2.70. The zero-order valence-corrected chi connectivity index (χ0v) is 8.81. The Kier molecular flexibility index (Phi) is 3.27. The molecule has 1 atom stereocenters. The second kappa shape index (κ2) is 4.07. The van der Waals surface area contributed by atoms with Gasteiger partial charge in [-0.15, -0.1) is 0 Å². The van der Waals surface area contributed by atoms with Crippen LogP contribution in [0, 0.1) is 5.82 Å². The van der Waals surface area contributed by atoms with Crippen LogP contribution in [0.25, 0.3) is 0 Å². The van der Waals surface area contributed by atoms with Crippen LogP contribution in [0.5, 0.6) is 5.75 Å². The van der Waals surface area contributed by atoms with Crippen molar-refractivity contribution in [3.8, 4) is 5.75 Å². The molecule has 0 saturated carbocycles. The van der Waals surface area contributed by atoms with E-state index in [1.165, 1.54) is 0 Å². The van der Waals surface area contributed by atoms with Gasteiger partial charge < -0.3 is 10.8 Å². The topological polar surface area (TPSA) is 46.2 Å². The van der Waals surface area contributed by atoms with E-state index >= 15 is 0 Å². The molecule has 3 N–H and O–H groups in total. The van der Waals surface area contributed by atoms with E-state index in [1.807, 2.05) is 6.92 Å². The third-order valence-electron chi connectivity index (χ3n) is 1.94. The molecule has 0 radical (unpaired) electrons. The minimum Gasteiger partial charge on any atom is -0.505 e. The third-order valence-corrected chi connectivity index (χ3v) is 2.55. The lowest BCUT2D eigenvalue weighted by atomic mass is 10.0. The first-order chi connectivity index (χ1) is 6.07. The van der Waals surface area contributed by atoms with Crippen molar-refractivity contribution >= 4 is 15.9 Å². The minimum absolute atomic E-state index is 0.247. The van der Waals surface area contributed by atoms with Gasteiger partial charge in [0, 0.05) is 11.6 Å². The van der Waals surface area contributed by atoms with Crippen LogP contribution in [0.3, 0.4) is 0 Å². The Hall–Kier alpha value is -0.610. The summed E-state index contributed by atoms with van der Waals surface area (Å²) in [4.78, 5) is 0. The van der Waals surface area contributed by atoms with Gasteiger partial charge in [-0.3, -0.25) is 0 Å². The van der Waals surface area contributed by atoms with Gasteiger partial charge in [-0.05, 0) is 28.4 Å². The molecular formula is C9H11BrFNO. The van der Waals surface area contributed by atoms with Crippen molar-refractivity contribution in [2.24, 2.45) is 5.73 Å². The molecule has 0 aliphatic heterocycles. The molecule has 1 aromatic carbocycles. The Balaban J connectivity index is 3.18. The quantitative estimate of drug-likeness (QED) is 0.845. The fourth-order valence-electron chi connectivity index (χ4n) is 1.07. The maximum atomic E-state index is 13.1. The van der Waals surface area contributed by atoms with E-state index in [0.29, 0.717) is 12.0 Å². The van der Waals surface area contributed by atoms with E-state index in [9.17, 15) is 9.50 Å². The summed E-state index contributed by atoms with van der Waals surface area (Å²) in [5, 5.41) is 9.39. The van der Waals surface area contributed by atoms with E-state index < -0.39 is 5.82 Å². The van der Waals surface area contributed by atoms with Gasteiger partial charge >= 0.3 is 0 Å². The van der Waals surface area contributed by atoms with Gasteiger partial charge in [0.25, 0.3) is 0 Å². The van der Waals surface area contributed by atoms with Crippen LogP contribution in [0.1, 0.15) is 24.9 Å². The standard InChI is InChI=1S/C9H11BrFNO/c1-2-7(12)5-3-4-6(10)8(11)9(5)13/h3-4,7,13H,2,12H2,1H3/t7-/m1/s1. The van der Waals surface area contributed by atoms with Crippen LogP contribution in [0.15, 0.2) is 16.6 Å². The summed E-state index contributed by atoms with van der Waals surface area (Å²) in [5.74, 6) is -1.01. The van der Waals surface area contributed by atoms with Crippen LogP contribution in [0.4, 0.5) is 4.39 Å². The molecule has 4 heteroatoms. The molecule has 2 nitrogen and oxygen atoms in total. The molecule has 1 aromatic rings. The molecule has 0 aliphatic carbocycles. The fraction of sp³-hybridized carbons (Fsp3) is 0.333. The maximum absolute atomic E-state index is 13.1. The number of halogens is 2. The second-order valence-corrected chi connectivity index (χ2v) is 3.67.